The van der Waals surface area contributed by atoms with Crippen molar-refractivity contribution in [2.75, 3.05) is 5.73 Å². The Kier molecular flexibility index (Phi) is 3.54. The van der Waals surface area contributed by atoms with Crippen LogP contribution in [0, 0.1) is 23.0 Å². The van der Waals surface area contributed by atoms with Gasteiger partial charge in [-0.15, -0.1) is 0 Å². The van der Waals surface area contributed by atoms with Crippen molar-refractivity contribution < 1.29 is 13.5 Å². The van der Waals surface area contributed by atoms with E-state index in [1.165, 1.54) is 18.2 Å². The molecule has 6 heteroatoms. The average Bonchev–Trinajstić information content (AvgIpc) is 2.35. The van der Waals surface area contributed by atoms with Crippen LogP contribution in [0.5, 0.6) is 11.5 Å². The average molecular weight is 281 g/mol. The highest BCUT2D eigenvalue weighted by molar-refractivity contribution is 6.30. The summed E-state index contributed by atoms with van der Waals surface area (Å²) in [6, 6.07) is 7.68. The largest absolute Gasteiger partial charge is 0.449 e. The van der Waals surface area contributed by atoms with Crippen LogP contribution >= 0.6 is 11.6 Å². The maximum Gasteiger partial charge on any atom is 0.198 e. The summed E-state index contributed by atoms with van der Waals surface area (Å²) in [7, 11) is 0. The molecule has 0 aromatic heterocycles. The Morgan fingerprint density at radius 3 is 2.32 bits per heavy atom. The maximum absolute atomic E-state index is 13.6. The van der Waals surface area contributed by atoms with E-state index < -0.39 is 17.4 Å². The number of ether oxygens (including phenoxy) is 1. The summed E-state index contributed by atoms with van der Waals surface area (Å²) in [6.07, 6.45) is 0. The van der Waals surface area contributed by atoms with Gasteiger partial charge in [-0.25, -0.2) is 8.78 Å². The Morgan fingerprint density at radius 2 is 1.79 bits per heavy atom. The van der Waals surface area contributed by atoms with E-state index in [1.807, 2.05) is 0 Å². The molecule has 96 valence electrons. The zero-order valence-electron chi connectivity index (χ0n) is 9.45. The number of nitriles is 1. The van der Waals surface area contributed by atoms with Crippen LogP contribution in [-0.4, -0.2) is 0 Å². The fraction of sp³-hybridized carbons (Fsp3) is 0. The van der Waals surface area contributed by atoms with Crippen LogP contribution in [0.4, 0.5) is 14.5 Å². The summed E-state index contributed by atoms with van der Waals surface area (Å²) in [5.41, 5.74) is 5.63. The van der Waals surface area contributed by atoms with E-state index in [0.717, 1.165) is 12.1 Å². The van der Waals surface area contributed by atoms with E-state index in [4.69, 9.17) is 27.3 Å². The predicted molar refractivity (Wildman–Crippen MR) is 67.0 cm³/mol. The van der Waals surface area contributed by atoms with Crippen LogP contribution in [-0.2, 0) is 0 Å². The number of nitrogens with two attached hydrogens (primary N) is 1. The molecule has 2 N–H and O–H groups in total. The van der Waals surface area contributed by atoms with Crippen molar-refractivity contribution in [1.82, 2.24) is 0 Å². The van der Waals surface area contributed by atoms with Gasteiger partial charge in [0.15, 0.2) is 23.1 Å². The third-order valence-electron chi connectivity index (χ3n) is 2.31. The summed E-state index contributed by atoms with van der Waals surface area (Å²) < 4.78 is 32.3. The van der Waals surface area contributed by atoms with Gasteiger partial charge >= 0.3 is 0 Å². The molecule has 0 aliphatic rings. The number of halogens is 3. The standard InChI is InChI=1S/C13H7ClF2N2O/c14-8-1-2-12(11(18)5-8)19-13-9(15)3-7(6-17)4-10(13)16/h1-5H,18H2. The van der Waals surface area contributed by atoms with Crippen molar-refractivity contribution in [3.05, 3.63) is 52.6 Å². The van der Waals surface area contributed by atoms with Crippen LogP contribution in [0.2, 0.25) is 5.02 Å². The van der Waals surface area contributed by atoms with E-state index in [0.29, 0.717) is 5.02 Å². The Labute approximate surface area is 112 Å². The molecule has 3 nitrogen and oxygen atoms in total. The lowest BCUT2D eigenvalue weighted by Gasteiger charge is -2.10. The molecule has 0 atom stereocenters. The second-order valence-electron chi connectivity index (χ2n) is 3.67. The molecule has 2 aromatic rings. The van der Waals surface area contributed by atoms with Crippen molar-refractivity contribution in [2.45, 2.75) is 0 Å². The number of nitrogens with zero attached hydrogens (tertiary/aromatic N) is 1. The third kappa shape index (κ3) is 2.75. The molecule has 0 saturated carbocycles. The van der Waals surface area contributed by atoms with Gasteiger partial charge in [-0.2, -0.15) is 5.26 Å². The van der Waals surface area contributed by atoms with E-state index in [9.17, 15) is 8.78 Å². The SMILES string of the molecule is N#Cc1cc(F)c(Oc2ccc(Cl)cc2N)c(F)c1. The second-order valence-corrected chi connectivity index (χ2v) is 4.10. The van der Waals surface area contributed by atoms with Crippen LogP contribution in [0.25, 0.3) is 0 Å². The molecule has 0 aliphatic carbocycles. The minimum Gasteiger partial charge on any atom is -0.449 e. The highest BCUT2D eigenvalue weighted by atomic mass is 35.5. The molecule has 0 spiro atoms. The quantitative estimate of drug-likeness (QED) is 0.850. The first-order chi connectivity index (χ1) is 9.01. The topological polar surface area (TPSA) is 59.0 Å². The summed E-state index contributed by atoms with van der Waals surface area (Å²) in [5.74, 6) is -2.50. The Morgan fingerprint density at radius 1 is 1.16 bits per heavy atom. The number of hydrogen-bond acceptors (Lipinski definition) is 3. The van der Waals surface area contributed by atoms with E-state index >= 15 is 0 Å². The molecule has 0 unspecified atom stereocenters. The van der Waals surface area contributed by atoms with Gasteiger partial charge < -0.3 is 10.5 Å². The minimum atomic E-state index is -0.981. The fourth-order valence-corrected chi connectivity index (χ4v) is 1.62. The smallest absolute Gasteiger partial charge is 0.198 e. The highest BCUT2D eigenvalue weighted by Crippen LogP contribution is 2.33. The Balaban J connectivity index is 2.41. The molecular weight excluding hydrogens is 274 g/mol. The van der Waals surface area contributed by atoms with Gasteiger partial charge in [0.2, 0.25) is 0 Å². The van der Waals surface area contributed by atoms with Crippen LogP contribution in [0.3, 0.4) is 0 Å². The fourth-order valence-electron chi connectivity index (χ4n) is 1.44. The number of rotatable bonds is 2. The van der Waals surface area contributed by atoms with Crippen molar-refractivity contribution in [3.8, 4) is 17.6 Å². The first kappa shape index (κ1) is 13.1. The van der Waals surface area contributed by atoms with Crippen molar-refractivity contribution >= 4 is 17.3 Å². The van der Waals surface area contributed by atoms with Gasteiger partial charge in [0, 0.05) is 5.02 Å². The lowest BCUT2D eigenvalue weighted by atomic mass is 10.2. The van der Waals surface area contributed by atoms with E-state index in [2.05, 4.69) is 0 Å². The molecule has 0 bridgehead atoms. The number of benzene rings is 2. The summed E-state index contributed by atoms with van der Waals surface area (Å²) in [6.45, 7) is 0. The molecule has 0 radical (unpaired) electrons. The number of nitrogen functional groups attached to an aromatic ring is 1. The molecule has 2 aromatic carbocycles. The van der Waals surface area contributed by atoms with Gasteiger partial charge in [-0.3, -0.25) is 0 Å². The van der Waals surface area contributed by atoms with Crippen LogP contribution in [0.15, 0.2) is 30.3 Å². The van der Waals surface area contributed by atoms with Gasteiger partial charge in [0.05, 0.1) is 17.3 Å². The second kappa shape index (κ2) is 5.12. The zero-order valence-corrected chi connectivity index (χ0v) is 10.2. The zero-order chi connectivity index (χ0) is 14.0. The van der Waals surface area contributed by atoms with Gasteiger partial charge in [0.1, 0.15) is 0 Å². The molecule has 0 aliphatic heterocycles. The lowest BCUT2D eigenvalue weighted by molar-refractivity contribution is 0.409. The number of hydrogen-bond donors (Lipinski definition) is 1. The van der Waals surface area contributed by atoms with E-state index in [-0.39, 0.29) is 17.0 Å². The van der Waals surface area contributed by atoms with Crippen molar-refractivity contribution in [2.24, 2.45) is 0 Å². The first-order valence-electron chi connectivity index (χ1n) is 5.13. The van der Waals surface area contributed by atoms with Crippen LogP contribution in [0.1, 0.15) is 5.56 Å². The molecule has 0 heterocycles. The van der Waals surface area contributed by atoms with Crippen molar-refractivity contribution in [1.29, 1.82) is 5.26 Å². The normalized spacial score (nSPS) is 10.0. The maximum atomic E-state index is 13.6. The molecular formula is C13H7ClF2N2O. The third-order valence-corrected chi connectivity index (χ3v) is 2.55. The Hall–Kier alpha value is -2.32. The molecule has 19 heavy (non-hydrogen) atoms. The van der Waals surface area contributed by atoms with Crippen molar-refractivity contribution in [3.63, 3.8) is 0 Å². The first-order valence-corrected chi connectivity index (χ1v) is 5.51. The van der Waals surface area contributed by atoms with Crippen LogP contribution < -0.4 is 10.5 Å². The van der Waals surface area contributed by atoms with Gasteiger partial charge in [-0.05, 0) is 30.3 Å². The molecule has 0 saturated heterocycles. The predicted octanol–water partition coefficient (Wildman–Crippen LogP) is 3.86. The summed E-state index contributed by atoms with van der Waals surface area (Å²) in [5, 5.41) is 8.96. The Bertz CT molecular complexity index is 660. The monoisotopic (exact) mass is 280 g/mol. The summed E-state index contributed by atoms with van der Waals surface area (Å²) in [4.78, 5) is 0. The van der Waals surface area contributed by atoms with Gasteiger partial charge in [0.25, 0.3) is 0 Å². The molecule has 2 rings (SSSR count). The van der Waals surface area contributed by atoms with Gasteiger partial charge in [-0.1, -0.05) is 11.6 Å². The molecule has 0 amide bonds. The molecule has 0 fully saturated rings. The summed E-state index contributed by atoms with van der Waals surface area (Å²) >= 11 is 5.70. The highest BCUT2D eigenvalue weighted by Gasteiger charge is 2.15. The minimum absolute atomic E-state index is 0.0758. The van der Waals surface area contributed by atoms with E-state index in [1.54, 1.807) is 6.07 Å². The number of anilines is 1. The lowest BCUT2D eigenvalue weighted by Crippen LogP contribution is -1.97.